The maximum atomic E-state index is 12.6. The molecule has 0 aliphatic heterocycles. The van der Waals surface area contributed by atoms with Crippen LogP contribution in [0.2, 0.25) is 0 Å². The van der Waals surface area contributed by atoms with Gasteiger partial charge in [-0.05, 0) is 24.1 Å². The van der Waals surface area contributed by atoms with Gasteiger partial charge in [0.15, 0.2) is 0 Å². The van der Waals surface area contributed by atoms with Crippen molar-refractivity contribution in [1.82, 2.24) is 0 Å². The molecule has 20 heavy (non-hydrogen) atoms. The van der Waals surface area contributed by atoms with E-state index in [9.17, 15) is 18.0 Å². The molecule has 0 heterocycles. The molecule has 0 amide bonds. The monoisotopic (exact) mass is 303 g/mol. The summed E-state index contributed by atoms with van der Waals surface area (Å²) < 4.78 is 37.9. The van der Waals surface area contributed by atoms with Gasteiger partial charge in [-0.2, -0.15) is 18.4 Å². The first-order valence-electron chi connectivity index (χ1n) is 5.67. The molecule has 0 saturated carbocycles. The highest BCUT2D eigenvalue weighted by Crippen LogP contribution is 2.35. The SMILES string of the molecule is CC(C)C(Sc1ccc(C(F)(F)F)c(C#N)c1)C(=O)O. The molecule has 1 aromatic rings. The molecule has 1 N–H and O–H groups in total. The van der Waals surface area contributed by atoms with E-state index in [1.807, 2.05) is 0 Å². The van der Waals surface area contributed by atoms with Gasteiger partial charge in [0.1, 0.15) is 5.25 Å². The predicted octanol–water partition coefficient (Wildman–Crippen LogP) is 3.78. The third kappa shape index (κ3) is 3.90. The maximum absolute atomic E-state index is 12.6. The lowest BCUT2D eigenvalue weighted by molar-refractivity contribution is -0.138. The molecule has 0 spiro atoms. The molecule has 0 saturated heterocycles. The fraction of sp³-hybridized carbons (Fsp3) is 0.385. The van der Waals surface area contributed by atoms with Crippen LogP contribution in [-0.4, -0.2) is 16.3 Å². The molecular weight excluding hydrogens is 291 g/mol. The van der Waals surface area contributed by atoms with Gasteiger partial charge >= 0.3 is 12.1 Å². The van der Waals surface area contributed by atoms with Gasteiger partial charge in [-0.3, -0.25) is 4.79 Å². The standard InChI is InChI=1S/C13H12F3NO2S/c1-7(2)11(12(18)19)20-9-3-4-10(13(14,15)16)8(5-9)6-17/h3-5,7,11H,1-2H3,(H,18,19). The van der Waals surface area contributed by atoms with Gasteiger partial charge in [0.25, 0.3) is 0 Å². The van der Waals surface area contributed by atoms with Crippen LogP contribution in [0.5, 0.6) is 0 Å². The van der Waals surface area contributed by atoms with E-state index < -0.39 is 28.5 Å². The molecule has 0 aliphatic carbocycles. The van der Waals surface area contributed by atoms with Gasteiger partial charge in [-0.25, -0.2) is 0 Å². The van der Waals surface area contributed by atoms with Gasteiger partial charge in [0.2, 0.25) is 0 Å². The average Bonchev–Trinajstić information content (AvgIpc) is 2.33. The molecule has 1 aromatic carbocycles. The highest BCUT2D eigenvalue weighted by Gasteiger charge is 2.34. The molecule has 1 rings (SSSR count). The number of carboxylic acids is 1. The van der Waals surface area contributed by atoms with Crippen molar-refractivity contribution < 1.29 is 23.1 Å². The first-order valence-corrected chi connectivity index (χ1v) is 6.55. The molecule has 0 radical (unpaired) electrons. The third-order valence-electron chi connectivity index (χ3n) is 2.53. The summed E-state index contributed by atoms with van der Waals surface area (Å²) in [6.45, 7) is 3.42. The fourth-order valence-electron chi connectivity index (χ4n) is 1.55. The van der Waals surface area contributed by atoms with Gasteiger partial charge in [0, 0.05) is 4.90 Å². The smallest absolute Gasteiger partial charge is 0.417 e. The topological polar surface area (TPSA) is 61.1 Å². The molecular formula is C13H12F3NO2S. The summed E-state index contributed by atoms with van der Waals surface area (Å²) in [5.74, 6) is -1.23. The first kappa shape index (κ1) is 16.4. The van der Waals surface area contributed by atoms with E-state index in [0.717, 1.165) is 23.9 Å². The predicted molar refractivity (Wildman–Crippen MR) is 68.3 cm³/mol. The van der Waals surface area contributed by atoms with Crippen LogP contribution in [0.4, 0.5) is 13.2 Å². The molecule has 1 atom stereocenters. The Kier molecular flexibility index (Phi) is 5.06. The van der Waals surface area contributed by atoms with E-state index >= 15 is 0 Å². The van der Waals surface area contributed by atoms with Crippen molar-refractivity contribution in [2.45, 2.75) is 30.2 Å². The van der Waals surface area contributed by atoms with Crippen LogP contribution in [-0.2, 0) is 11.0 Å². The zero-order valence-electron chi connectivity index (χ0n) is 10.7. The van der Waals surface area contributed by atoms with Crippen LogP contribution in [0.25, 0.3) is 0 Å². The number of carbonyl (C=O) groups is 1. The van der Waals surface area contributed by atoms with E-state index in [4.69, 9.17) is 10.4 Å². The van der Waals surface area contributed by atoms with Crippen molar-refractivity contribution >= 4 is 17.7 Å². The lowest BCUT2D eigenvalue weighted by Gasteiger charge is -2.16. The summed E-state index contributed by atoms with van der Waals surface area (Å²) in [4.78, 5) is 11.4. The van der Waals surface area contributed by atoms with Crippen molar-refractivity contribution in [2.75, 3.05) is 0 Å². The quantitative estimate of drug-likeness (QED) is 0.860. The summed E-state index contributed by atoms with van der Waals surface area (Å²) in [6, 6.07) is 4.56. The number of hydrogen-bond acceptors (Lipinski definition) is 3. The highest BCUT2D eigenvalue weighted by atomic mass is 32.2. The van der Waals surface area contributed by atoms with Crippen LogP contribution in [0.15, 0.2) is 23.1 Å². The second kappa shape index (κ2) is 6.18. The van der Waals surface area contributed by atoms with Crippen molar-refractivity contribution in [3.05, 3.63) is 29.3 Å². The number of benzene rings is 1. The maximum Gasteiger partial charge on any atom is 0.417 e. The summed E-state index contributed by atoms with van der Waals surface area (Å²) in [5, 5.41) is 17.1. The zero-order valence-corrected chi connectivity index (χ0v) is 11.5. The number of rotatable bonds is 4. The van der Waals surface area contributed by atoms with E-state index in [1.165, 1.54) is 12.1 Å². The average molecular weight is 303 g/mol. The minimum atomic E-state index is -4.60. The molecule has 0 aliphatic rings. The number of nitriles is 1. The number of halogens is 3. The highest BCUT2D eigenvalue weighted by molar-refractivity contribution is 8.00. The summed E-state index contributed by atoms with van der Waals surface area (Å²) >= 11 is 0.936. The number of thioether (sulfide) groups is 1. The second-order valence-electron chi connectivity index (χ2n) is 4.44. The Morgan fingerprint density at radius 3 is 2.40 bits per heavy atom. The van der Waals surface area contributed by atoms with Crippen LogP contribution < -0.4 is 0 Å². The minimum Gasteiger partial charge on any atom is -0.480 e. The Bertz CT molecular complexity index is 550. The van der Waals surface area contributed by atoms with Gasteiger partial charge in [-0.15, -0.1) is 11.8 Å². The molecule has 1 unspecified atom stereocenters. The van der Waals surface area contributed by atoms with Crippen LogP contribution in [0.1, 0.15) is 25.0 Å². The van der Waals surface area contributed by atoms with Crippen LogP contribution in [0.3, 0.4) is 0 Å². The fourth-order valence-corrected chi connectivity index (χ4v) is 2.55. The number of carboxylic acid groups (broad SMARTS) is 1. The minimum absolute atomic E-state index is 0.190. The Balaban J connectivity index is 3.12. The van der Waals surface area contributed by atoms with Crippen molar-refractivity contribution in [2.24, 2.45) is 5.92 Å². The number of alkyl halides is 3. The van der Waals surface area contributed by atoms with E-state index in [-0.39, 0.29) is 5.92 Å². The van der Waals surface area contributed by atoms with Gasteiger partial charge < -0.3 is 5.11 Å². The molecule has 0 fully saturated rings. The molecule has 0 aromatic heterocycles. The van der Waals surface area contributed by atoms with Crippen LogP contribution in [0, 0.1) is 17.2 Å². The van der Waals surface area contributed by atoms with E-state index in [1.54, 1.807) is 13.8 Å². The lowest BCUT2D eigenvalue weighted by atomic mass is 10.1. The Hall–Kier alpha value is -1.68. The Labute approximate surface area is 118 Å². The molecule has 108 valence electrons. The van der Waals surface area contributed by atoms with E-state index in [2.05, 4.69) is 0 Å². The first-order chi connectivity index (χ1) is 9.16. The van der Waals surface area contributed by atoms with Crippen LogP contribution >= 0.6 is 11.8 Å². The number of hydrogen-bond donors (Lipinski definition) is 1. The van der Waals surface area contributed by atoms with Crippen molar-refractivity contribution in [3.63, 3.8) is 0 Å². The van der Waals surface area contributed by atoms with Gasteiger partial charge in [0.05, 0.1) is 17.2 Å². The molecule has 3 nitrogen and oxygen atoms in total. The summed E-state index contributed by atoms with van der Waals surface area (Å²) in [5.41, 5.74) is -1.52. The number of nitrogens with zero attached hydrogens (tertiary/aromatic N) is 1. The zero-order chi connectivity index (χ0) is 15.5. The second-order valence-corrected chi connectivity index (χ2v) is 5.65. The number of aliphatic carboxylic acids is 1. The summed E-state index contributed by atoms with van der Waals surface area (Å²) in [6.07, 6.45) is -4.60. The lowest BCUT2D eigenvalue weighted by Crippen LogP contribution is -2.22. The van der Waals surface area contributed by atoms with Crippen molar-refractivity contribution in [3.8, 4) is 6.07 Å². The summed E-state index contributed by atoms with van der Waals surface area (Å²) in [7, 11) is 0. The molecule has 0 bridgehead atoms. The third-order valence-corrected chi connectivity index (χ3v) is 4.05. The van der Waals surface area contributed by atoms with Gasteiger partial charge in [-0.1, -0.05) is 13.8 Å². The Morgan fingerprint density at radius 1 is 1.40 bits per heavy atom. The largest absolute Gasteiger partial charge is 0.480 e. The Morgan fingerprint density at radius 2 is 2.00 bits per heavy atom. The van der Waals surface area contributed by atoms with Crippen molar-refractivity contribution in [1.29, 1.82) is 5.26 Å². The van der Waals surface area contributed by atoms with E-state index in [0.29, 0.717) is 4.90 Å². The normalized spacial score (nSPS) is 13.1. The molecule has 7 heteroatoms.